The summed E-state index contributed by atoms with van der Waals surface area (Å²) in [5.41, 5.74) is 2.57. The average Bonchev–Trinajstić information content (AvgIpc) is 2.43. The van der Waals surface area contributed by atoms with Gasteiger partial charge in [-0.1, -0.05) is 36.4 Å². The van der Waals surface area contributed by atoms with Gasteiger partial charge >= 0.3 is 5.97 Å². The first-order chi connectivity index (χ1) is 10.1. The number of rotatable bonds is 5. The summed E-state index contributed by atoms with van der Waals surface area (Å²) in [6, 6.07) is 11.5. The fourth-order valence-electron chi connectivity index (χ4n) is 2.04. The Morgan fingerprint density at radius 1 is 1.29 bits per heavy atom. The topological polar surface area (TPSA) is 59.4 Å². The quantitative estimate of drug-likeness (QED) is 0.912. The van der Waals surface area contributed by atoms with Gasteiger partial charge in [0.15, 0.2) is 0 Å². The monoisotopic (exact) mass is 283 g/mol. The molecule has 0 unspecified atom stereocenters. The number of hydrogen-bond donors (Lipinski definition) is 1. The molecule has 1 aromatic carbocycles. The van der Waals surface area contributed by atoms with Crippen molar-refractivity contribution < 1.29 is 14.6 Å². The number of nitrogens with zero attached hydrogens (tertiary/aromatic N) is 1. The Morgan fingerprint density at radius 3 is 2.67 bits per heavy atom. The Kier molecular flexibility index (Phi) is 4.72. The molecule has 0 bridgehead atoms. The van der Waals surface area contributed by atoms with Gasteiger partial charge in [-0.15, -0.1) is 0 Å². The van der Waals surface area contributed by atoms with E-state index in [0.29, 0.717) is 5.56 Å². The highest BCUT2D eigenvalue weighted by molar-refractivity contribution is 5.91. The minimum atomic E-state index is -1.03. The van der Waals surface area contributed by atoms with Crippen LogP contribution >= 0.6 is 0 Å². The Hall–Kier alpha value is -2.62. The fraction of sp³-hybridized carbons (Fsp3) is 0.176. The molecule has 21 heavy (non-hydrogen) atoms. The van der Waals surface area contributed by atoms with Crippen molar-refractivity contribution in [1.29, 1.82) is 0 Å². The molecule has 108 valence electrons. The van der Waals surface area contributed by atoms with Gasteiger partial charge in [0.1, 0.15) is 12.2 Å². The van der Waals surface area contributed by atoms with Gasteiger partial charge in [-0.3, -0.25) is 0 Å². The second-order valence-electron chi connectivity index (χ2n) is 4.69. The average molecular weight is 283 g/mol. The summed E-state index contributed by atoms with van der Waals surface area (Å²) < 4.78 is 5.50. The van der Waals surface area contributed by atoms with Crippen LogP contribution < -0.4 is 4.74 Å². The number of hydrogen-bond acceptors (Lipinski definition) is 3. The maximum Gasteiger partial charge on any atom is 0.341 e. The van der Waals surface area contributed by atoms with Gasteiger partial charge in [-0.05, 0) is 37.1 Å². The SMILES string of the molecule is Cc1cc(C)c(C(=O)O)c(OC/C=C/c2ccccc2)n1. The van der Waals surface area contributed by atoms with Crippen LogP contribution in [-0.4, -0.2) is 22.7 Å². The van der Waals surface area contributed by atoms with Crippen molar-refractivity contribution in [3.8, 4) is 5.88 Å². The number of aromatic nitrogens is 1. The molecule has 4 heteroatoms. The van der Waals surface area contributed by atoms with Crippen LogP contribution in [-0.2, 0) is 0 Å². The van der Waals surface area contributed by atoms with Crippen molar-refractivity contribution in [3.63, 3.8) is 0 Å². The van der Waals surface area contributed by atoms with Crippen molar-refractivity contribution in [2.24, 2.45) is 0 Å². The van der Waals surface area contributed by atoms with Gasteiger partial charge < -0.3 is 9.84 Å². The van der Waals surface area contributed by atoms with E-state index < -0.39 is 5.97 Å². The van der Waals surface area contributed by atoms with Gasteiger partial charge in [0, 0.05) is 5.69 Å². The lowest BCUT2D eigenvalue weighted by Gasteiger charge is -2.09. The molecule has 2 rings (SSSR count). The van der Waals surface area contributed by atoms with E-state index >= 15 is 0 Å². The largest absolute Gasteiger partial charge is 0.477 e. The first-order valence-electron chi connectivity index (χ1n) is 6.64. The van der Waals surface area contributed by atoms with Gasteiger partial charge in [-0.25, -0.2) is 9.78 Å². The van der Waals surface area contributed by atoms with Crippen LogP contribution in [0.25, 0.3) is 6.08 Å². The molecule has 0 amide bonds. The molecule has 0 fully saturated rings. The lowest BCUT2D eigenvalue weighted by atomic mass is 10.1. The van der Waals surface area contributed by atoms with Crippen LogP contribution in [0.4, 0.5) is 0 Å². The Balaban J connectivity index is 2.10. The lowest BCUT2D eigenvalue weighted by Crippen LogP contribution is -2.08. The predicted molar refractivity (Wildman–Crippen MR) is 81.6 cm³/mol. The molecule has 0 radical (unpaired) electrons. The van der Waals surface area contributed by atoms with Crippen LogP contribution in [0.2, 0.25) is 0 Å². The first kappa shape index (κ1) is 14.8. The van der Waals surface area contributed by atoms with E-state index in [1.165, 1.54) is 0 Å². The number of carboxylic acid groups (broad SMARTS) is 1. The maximum atomic E-state index is 11.3. The lowest BCUT2D eigenvalue weighted by molar-refractivity contribution is 0.0691. The minimum absolute atomic E-state index is 0.119. The maximum absolute atomic E-state index is 11.3. The molecule has 0 saturated heterocycles. The summed E-state index contributed by atoms with van der Waals surface area (Å²) >= 11 is 0. The standard InChI is InChI=1S/C17H17NO3/c1-12-11-13(2)18-16(15(12)17(19)20)21-10-6-9-14-7-4-3-5-8-14/h3-9,11H,10H2,1-2H3,(H,19,20)/b9-6+. The number of carbonyl (C=O) groups is 1. The zero-order chi connectivity index (χ0) is 15.2. The number of ether oxygens (including phenoxy) is 1. The molecule has 0 atom stereocenters. The molecule has 0 spiro atoms. The third kappa shape index (κ3) is 3.92. The number of carboxylic acids is 1. The number of benzene rings is 1. The van der Waals surface area contributed by atoms with Crippen LogP contribution in [0.3, 0.4) is 0 Å². The number of pyridine rings is 1. The molecule has 2 aromatic rings. The van der Waals surface area contributed by atoms with Gasteiger partial charge in [-0.2, -0.15) is 0 Å². The van der Waals surface area contributed by atoms with Crippen LogP contribution in [0.1, 0.15) is 27.2 Å². The highest BCUT2D eigenvalue weighted by Gasteiger charge is 2.16. The third-order valence-electron chi connectivity index (χ3n) is 2.95. The Morgan fingerprint density at radius 2 is 2.00 bits per heavy atom. The van der Waals surface area contributed by atoms with E-state index in [2.05, 4.69) is 4.98 Å². The van der Waals surface area contributed by atoms with Crippen molar-refractivity contribution in [2.45, 2.75) is 13.8 Å². The summed E-state index contributed by atoms with van der Waals surface area (Å²) in [4.78, 5) is 15.4. The highest BCUT2D eigenvalue weighted by atomic mass is 16.5. The summed E-state index contributed by atoms with van der Waals surface area (Å²) in [7, 11) is 0. The van der Waals surface area contributed by atoms with Gasteiger partial charge in [0.25, 0.3) is 0 Å². The zero-order valence-corrected chi connectivity index (χ0v) is 12.0. The Labute approximate surface area is 123 Å². The Bertz CT molecular complexity index is 663. The fourth-order valence-corrected chi connectivity index (χ4v) is 2.04. The molecule has 1 heterocycles. The second-order valence-corrected chi connectivity index (χ2v) is 4.69. The molecule has 0 aliphatic carbocycles. The zero-order valence-electron chi connectivity index (χ0n) is 12.0. The van der Waals surface area contributed by atoms with Crippen molar-refractivity contribution >= 4 is 12.0 Å². The predicted octanol–water partition coefficient (Wildman–Crippen LogP) is 3.49. The molecule has 1 aromatic heterocycles. The minimum Gasteiger partial charge on any atom is -0.477 e. The molecule has 4 nitrogen and oxygen atoms in total. The van der Waals surface area contributed by atoms with E-state index in [-0.39, 0.29) is 18.1 Å². The molecular weight excluding hydrogens is 266 g/mol. The second kappa shape index (κ2) is 6.70. The van der Waals surface area contributed by atoms with E-state index in [4.69, 9.17) is 4.74 Å². The third-order valence-corrected chi connectivity index (χ3v) is 2.95. The molecule has 0 aliphatic heterocycles. The van der Waals surface area contributed by atoms with E-state index in [1.807, 2.05) is 49.4 Å². The molecule has 0 aliphatic rings. The van der Waals surface area contributed by atoms with E-state index in [1.54, 1.807) is 13.0 Å². The van der Waals surface area contributed by atoms with Crippen molar-refractivity contribution in [3.05, 3.63) is 64.9 Å². The number of aryl methyl sites for hydroxylation is 2. The summed E-state index contributed by atoms with van der Waals surface area (Å²) in [6.07, 6.45) is 3.75. The van der Waals surface area contributed by atoms with Gasteiger partial charge in [0.05, 0.1) is 0 Å². The van der Waals surface area contributed by atoms with Crippen LogP contribution in [0.5, 0.6) is 5.88 Å². The van der Waals surface area contributed by atoms with Crippen molar-refractivity contribution in [2.75, 3.05) is 6.61 Å². The first-order valence-corrected chi connectivity index (χ1v) is 6.64. The van der Waals surface area contributed by atoms with Crippen molar-refractivity contribution in [1.82, 2.24) is 4.98 Å². The normalized spacial score (nSPS) is 10.8. The van der Waals surface area contributed by atoms with Crippen LogP contribution in [0.15, 0.2) is 42.5 Å². The highest BCUT2D eigenvalue weighted by Crippen LogP contribution is 2.21. The molecular formula is C17H17NO3. The van der Waals surface area contributed by atoms with E-state index in [0.717, 1.165) is 11.3 Å². The van der Waals surface area contributed by atoms with Crippen LogP contribution in [0, 0.1) is 13.8 Å². The summed E-state index contributed by atoms with van der Waals surface area (Å²) in [5.74, 6) is -0.861. The molecule has 1 N–H and O–H groups in total. The summed E-state index contributed by atoms with van der Waals surface area (Å²) in [5, 5.41) is 9.23. The van der Waals surface area contributed by atoms with Gasteiger partial charge in [0.2, 0.25) is 5.88 Å². The number of aromatic carboxylic acids is 1. The summed E-state index contributed by atoms with van der Waals surface area (Å²) in [6.45, 7) is 3.82. The smallest absolute Gasteiger partial charge is 0.341 e. The van der Waals surface area contributed by atoms with E-state index in [9.17, 15) is 9.90 Å². The molecule has 0 saturated carbocycles.